The summed E-state index contributed by atoms with van der Waals surface area (Å²) < 4.78 is 5.01. The van der Waals surface area contributed by atoms with Gasteiger partial charge in [0.1, 0.15) is 17.0 Å². The first-order valence-corrected chi connectivity index (χ1v) is 8.11. The maximum Gasteiger partial charge on any atom is 0.325 e. The van der Waals surface area contributed by atoms with Gasteiger partial charge in [-0.15, -0.1) is 11.3 Å². The second-order valence-electron chi connectivity index (χ2n) is 5.77. The van der Waals surface area contributed by atoms with Crippen LogP contribution in [0.15, 0.2) is 22.0 Å². The van der Waals surface area contributed by atoms with Crippen LogP contribution in [0.3, 0.4) is 0 Å². The second kappa shape index (κ2) is 4.67. The zero-order valence-electron chi connectivity index (χ0n) is 12.1. The Bertz CT molecular complexity index is 766. The van der Waals surface area contributed by atoms with Gasteiger partial charge in [-0.1, -0.05) is 5.16 Å². The van der Waals surface area contributed by atoms with Gasteiger partial charge in [-0.25, -0.2) is 4.79 Å². The van der Waals surface area contributed by atoms with Crippen LogP contribution in [0.4, 0.5) is 4.79 Å². The van der Waals surface area contributed by atoms with E-state index in [2.05, 4.69) is 10.5 Å². The number of aryl methyl sites for hydroxylation is 2. The number of nitrogens with one attached hydrogen (secondary N) is 1. The summed E-state index contributed by atoms with van der Waals surface area (Å²) in [4.78, 5) is 27.7. The summed E-state index contributed by atoms with van der Waals surface area (Å²) in [5.41, 5.74) is 0.657. The van der Waals surface area contributed by atoms with E-state index >= 15 is 0 Å². The molecule has 1 unspecified atom stereocenters. The summed E-state index contributed by atoms with van der Waals surface area (Å²) in [6, 6.07) is 3.34. The van der Waals surface area contributed by atoms with E-state index in [4.69, 9.17) is 4.52 Å². The minimum absolute atomic E-state index is 0.142. The van der Waals surface area contributed by atoms with E-state index in [1.54, 1.807) is 24.3 Å². The SMILES string of the molecule is Cc1cc(CN2C(=O)NC3(CCCc4sccc43)C2=O)no1. The van der Waals surface area contributed by atoms with Crippen LogP contribution in [0, 0.1) is 6.92 Å². The molecule has 1 spiro atoms. The summed E-state index contributed by atoms with van der Waals surface area (Å²) in [6.07, 6.45) is 2.52. The first kappa shape index (κ1) is 13.5. The monoisotopic (exact) mass is 317 g/mol. The number of imide groups is 1. The lowest BCUT2D eigenvalue weighted by Crippen LogP contribution is -2.46. The van der Waals surface area contributed by atoms with Crippen LogP contribution in [-0.4, -0.2) is 22.0 Å². The van der Waals surface area contributed by atoms with Crippen LogP contribution in [0.25, 0.3) is 0 Å². The molecule has 0 radical (unpaired) electrons. The minimum atomic E-state index is -0.885. The number of hydrogen-bond donors (Lipinski definition) is 1. The van der Waals surface area contributed by atoms with Gasteiger partial charge in [-0.2, -0.15) is 0 Å². The first-order valence-electron chi connectivity index (χ1n) is 7.23. The van der Waals surface area contributed by atoms with Crippen molar-refractivity contribution in [2.45, 2.75) is 38.3 Å². The summed E-state index contributed by atoms with van der Waals surface area (Å²) in [7, 11) is 0. The molecule has 0 bridgehead atoms. The molecule has 1 atom stereocenters. The molecule has 7 heteroatoms. The average Bonchev–Trinajstić information content (AvgIpc) is 3.17. The molecule has 3 heterocycles. The molecule has 1 aliphatic carbocycles. The quantitative estimate of drug-likeness (QED) is 0.863. The number of carbonyl (C=O) groups is 2. The van der Waals surface area contributed by atoms with E-state index in [0.717, 1.165) is 18.4 Å². The van der Waals surface area contributed by atoms with Crippen LogP contribution in [0.5, 0.6) is 0 Å². The number of nitrogens with zero attached hydrogens (tertiary/aromatic N) is 2. The predicted molar refractivity (Wildman–Crippen MR) is 79.3 cm³/mol. The molecular weight excluding hydrogens is 302 g/mol. The Kier molecular flexibility index (Phi) is 2.87. The molecule has 1 fully saturated rings. The Morgan fingerprint density at radius 3 is 3.14 bits per heavy atom. The van der Waals surface area contributed by atoms with E-state index in [-0.39, 0.29) is 18.5 Å². The van der Waals surface area contributed by atoms with Crippen molar-refractivity contribution in [2.75, 3.05) is 0 Å². The van der Waals surface area contributed by atoms with E-state index in [0.29, 0.717) is 17.9 Å². The van der Waals surface area contributed by atoms with Crippen molar-refractivity contribution in [2.24, 2.45) is 0 Å². The topological polar surface area (TPSA) is 75.4 Å². The van der Waals surface area contributed by atoms with Gasteiger partial charge in [0.15, 0.2) is 0 Å². The molecule has 1 N–H and O–H groups in total. The van der Waals surface area contributed by atoms with E-state index in [1.807, 2.05) is 11.4 Å². The predicted octanol–water partition coefficient (Wildman–Crippen LogP) is 2.33. The van der Waals surface area contributed by atoms with Gasteiger partial charge in [-0.3, -0.25) is 9.69 Å². The van der Waals surface area contributed by atoms with Crippen LogP contribution in [0.2, 0.25) is 0 Å². The highest BCUT2D eigenvalue weighted by Crippen LogP contribution is 2.42. The van der Waals surface area contributed by atoms with Crippen molar-refractivity contribution >= 4 is 23.3 Å². The van der Waals surface area contributed by atoms with Crippen molar-refractivity contribution in [3.8, 4) is 0 Å². The third-order valence-corrected chi connectivity index (χ3v) is 5.31. The molecule has 0 aromatic carbocycles. The number of fused-ring (bicyclic) bond motifs is 2. The lowest BCUT2D eigenvalue weighted by molar-refractivity contribution is -0.132. The van der Waals surface area contributed by atoms with E-state index in [1.165, 1.54) is 9.78 Å². The van der Waals surface area contributed by atoms with Crippen molar-refractivity contribution in [1.82, 2.24) is 15.4 Å². The van der Waals surface area contributed by atoms with Crippen LogP contribution in [0.1, 0.15) is 34.7 Å². The van der Waals surface area contributed by atoms with Crippen molar-refractivity contribution in [3.63, 3.8) is 0 Å². The number of amides is 3. The van der Waals surface area contributed by atoms with Gasteiger partial charge in [0.25, 0.3) is 5.91 Å². The molecule has 2 aromatic rings. The number of rotatable bonds is 2. The standard InChI is InChI=1S/C15H15N3O3S/c1-9-7-10(17-21-9)8-18-13(19)15(16-14(18)20)5-2-3-12-11(15)4-6-22-12/h4,6-7H,2-3,5,8H2,1H3,(H,16,20). The third-order valence-electron chi connectivity index (χ3n) is 4.33. The molecule has 1 aliphatic heterocycles. The Hall–Kier alpha value is -2.15. The number of hydrogen-bond acceptors (Lipinski definition) is 5. The first-order chi connectivity index (χ1) is 10.6. The fourth-order valence-corrected chi connectivity index (χ4v) is 4.34. The molecular formula is C15H15N3O3S. The highest BCUT2D eigenvalue weighted by molar-refractivity contribution is 7.10. The van der Waals surface area contributed by atoms with Gasteiger partial charge < -0.3 is 9.84 Å². The highest BCUT2D eigenvalue weighted by atomic mass is 32.1. The van der Waals surface area contributed by atoms with Gasteiger partial charge in [0, 0.05) is 16.5 Å². The number of urea groups is 1. The summed E-state index contributed by atoms with van der Waals surface area (Å²) in [5.74, 6) is 0.479. The molecule has 4 rings (SSSR count). The average molecular weight is 317 g/mol. The number of thiophene rings is 1. The van der Waals surface area contributed by atoms with Crippen molar-refractivity contribution in [3.05, 3.63) is 39.4 Å². The fourth-order valence-electron chi connectivity index (χ4n) is 3.34. The Morgan fingerprint density at radius 2 is 2.36 bits per heavy atom. The van der Waals surface area contributed by atoms with E-state index < -0.39 is 5.54 Å². The lowest BCUT2D eigenvalue weighted by Gasteiger charge is -2.31. The second-order valence-corrected chi connectivity index (χ2v) is 6.77. The van der Waals surface area contributed by atoms with Gasteiger partial charge in [0.2, 0.25) is 0 Å². The molecule has 6 nitrogen and oxygen atoms in total. The summed E-state index contributed by atoms with van der Waals surface area (Å²) in [5, 5.41) is 8.78. The molecule has 114 valence electrons. The van der Waals surface area contributed by atoms with Gasteiger partial charge in [0.05, 0.1) is 6.54 Å². The van der Waals surface area contributed by atoms with Crippen LogP contribution >= 0.6 is 11.3 Å². The largest absolute Gasteiger partial charge is 0.361 e. The fraction of sp³-hybridized carbons (Fsp3) is 0.400. The van der Waals surface area contributed by atoms with Crippen molar-refractivity contribution < 1.29 is 14.1 Å². The molecule has 2 aromatic heterocycles. The van der Waals surface area contributed by atoms with Crippen LogP contribution in [-0.2, 0) is 23.3 Å². The smallest absolute Gasteiger partial charge is 0.325 e. The molecule has 3 amide bonds. The number of carbonyl (C=O) groups excluding carboxylic acids is 2. The Balaban J connectivity index is 1.68. The highest BCUT2D eigenvalue weighted by Gasteiger charge is 2.54. The number of aromatic nitrogens is 1. The van der Waals surface area contributed by atoms with Crippen molar-refractivity contribution in [1.29, 1.82) is 0 Å². The molecule has 22 heavy (non-hydrogen) atoms. The third kappa shape index (κ3) is 1.81. The maximum absolute atomic E-state index is 13.0. The zero-order valence-corrected chi connectivity index (χ0v) is 12.9. The van der Waals surface area contributed by atoms with Gasteiger partial charge >= 0.3 is 6.03 Å². The molecule has 1 saturated heterocycles. The minimum Gasteiger partial charge on any atom is -0.361 e. The van der Waals surface area contributed by atoms with Crippen LogP contribution < -0.4 is 5.32 Å². The summed E-state index contributed by atoms with van der Waals surface area (Å²) >= 11 is 1.65. The zero-order chi connectivity index (χ0) is 15.3. The Morgan fingerprint density at radius 1 is 1.50 bits per heavy atom. The normalized spacial score (nSPS) is 24.0. The maximum atomic E-state index is 13.0. The molecule has 2 aliphatic rings. The van der Waals surface area contributed by atoms with E-state index in [9.17, 15) is 9.59 Å². The van der Waals surface area contributed by atoms with Gasteiger partial charge in [-0.05, 0) is 37.6 Å². The lowest BCUT2D eigenvalue weighted by atomic mass is 9.80. The Labute approximate surface area is 131 Å². The summed E-state index contributed by atoms with van der Waals surface area (Å²) in [6.45, 7) is 1.92. The molecule has 0 saturated carbocycles.